The molecule has 8 heterocycles. The lowest BCUT2D eigenvalue weighted by Crippen LogP contribution is -2.67. The van der Waals surface area contributed by atoms with Crippen molar-refractivity contribution >= 4 is 68.5 Å². The van der Waals surface area contributed by atoms with Gasteiger partial charge in [-0.3, -0.25) is 0 Å². The van der Waals surface area contributed by atoms with Crippen LogP contribution in [0.4, 0.5) is 0 Å². The van der Waals surface area contributed by atoms with Gasteiger partial charge in [-0.15, -0.1) is 0 Å². The fourth-order valence-corrected chi connectivity index (χ4v) is 68.5. The Morgan fingerprint density at radius 2 is 0.475 bits per heavy atom. The average molecular weight is 1530 g/mol. The molecule has 8 aliphatic heterocycles. The second-order valence-corrected chi connectivity index (χ2v) is 65.7. The predicted molar refractivity (Wildman–Crippen MR) is 409 cm³/mol. The van der Waals surface area contributed by atoms with Gasteiger partial charge in [-0.1, -0.05) is 38.1 Å². The van der Waals surface area contributed by atoms with E-state index in [0.717, 1.165) is 111 Å². The molecule has 6 saturated carbocycles. The zero-order valence-electron chi connectivity index (χ0n) is 63.5. The summed E-state index contributed by atoms with van der Waals surface area (Å²) < 4.78 is 112. The minimum absolute atomic E-state index is 0.244. The van der Waals surface area contributed by atoms with Gasteiger partial charge in [0, 0.05) is 5.41 Å². The van der Waals surface area contributed by atoms with Gasteiger partial charge in [0.05, 0.1) is 86.5 Å². The Morgan fingerprint density at radius 1 is 0.277 bits per heavy atom. The number of rotatable bonds is 30. The molecule has 22 atom stereocenters. The number of ether oxygens (including phenoxy) is 8. The van der Waals surface area contributed by atoms with Crippen molar-refractivity contribution < 1.29 is 70.8 Å². The van der Waals surface area contributed by atoms with Gasteiger partial charge in [-0.2, -0.15) is 0 Å². The summed E-state index contributed by atoms with van der Waals surface area (Å²) in [6.07, 6.45) is 36.1. The first kappa shape index (κ1) is 74.3. The van der Waals surface area contributed by atoms with Crippen LogP contribution in [0.3, 0.4) is 0 Å². The highest BCUT2D eigenvalue weighted by Crippen LogP contribution is 2.51. The Labute approximate surface area is 615 Å². The molecule has 0 N–H and O–H groups in total. The van der Waals surface area contributed by atoms with Crippen LogP contribution in [0.2, 0.25) is 101 Å². The fraction of sp³-hybridized carbons (Fsp3) is 0.844. The van der Waals surface area contributed by atoms with Crippen LogP contribution in [-0.2, 0) is 66.8 Å². The van der Waals surface area contributed by atoms with Gasteiger partial charge in [0.15, 0.2) is 0 Å². The molecule has 16 nitrogen and oxygen atoms in total. The van der Waals surface area contributed by atoms with Gasteiger partial charge in [-0.05, 0) is 339 Å². The van der Waals surface area contributed by atoms with Crippen LogP contribution in [0, 0.1) is 35.5 Å². The summed E-state index contributed by atoms with van der Waals surface area (Å²) in [6, 6.07) is 25.2. The first-order valence-corrected chi connectivity index (χ1v) is 61.5. The lowest BCUT2D eigenvalue weighted by Gasteiger charge is -2.51. The molecule has 101 heavy (non-hydrogen) atoms. The largest absolute Gasteiger partial charge is 0.494 e. The van der Waals surface area contributed by atoms with Crippen LogP contribution in [0.15, 0.2) is 48.5 Å². The van der Waals surface area contributed by atoms with Crippen LogP contribution in [0.1, 0.15) is 192 Å². The summed E-state index contributed by atoms with van der Waals surface area (Å²) in [5.41, 5.74) is 2.23. The molecule has 0 spiro atoms. The fourth-order valence-electron chi connectivity index (χ4n) is 21.2. The molecule has 0 radical (unpaired) electrons. The summed E-state index contributed by atoms with van der Waals surface area (Å²) in [4.78, 5) is 0. The molecule has 16 rings (SSSR count). The Balaban J connectivity index is 0.543. The van der Waals surface area contributed by atoms with E-state index in [1.165, 1.54) is 127 Å². The number of benzene rings is 2. The van der Waals surface area contributed by atoms with E-state index in [1.54, 1.807) is 0 Å². The Hall–Kier alpha value is -0.785. The Kier molecular flexibility index (Phi) is 21.9. The zero-order valence-corrected chi connectivity index (χ0v) is 71.5. The van der Waals surface area contributed by atoms with E-state index in [4.69, 9.17) is 70.8 Å². The van der Waals surface area contributed by atoms with E-state index in [9.17, 15) is 0 Å². The van der Waals surface area contributed by atoms with E-state index in [-0.39, 0.29) is 5.41 Å². The maximum Gasteiger partial charge on any atom is 0.317 e. The van der Waals surface area contributed by atoms with Crippen LogP contribution >= 0.6 is 0 Å². The molecule has 22 unspecified atom stereocenters. The van der Waals surface area contributed by atoms with Crippen molar-refractivity contribution in [2.45, 2.75) is 360 Å². The standard InChI is InChI=1S/C77H128O16Si8/c1-77(2,61-19-23-63(24-20-61)78-39-11-41-94(3)86-96(5,43-33-55-13-27-65-71(49-55)80-65)90-100(9,47-37-59-17-31-69-75(53-59)84-69)91-97(6,87-94)44-34-56-14-28-66-72(50-56)81-66)62-21-25-64(26-22-62)79-40-12-42-95(4)88-98(7,45-35-57-15-29-67-73(51-57)82-67)92-101(10,48-38-60-18-32-70-76(54-60)85-70)93-99(8,89-95)46-36-58-16-30-68-74(52-58)83-68/h19-26,55-60,65-76H,11-18,27-54H2,1-10H3. The van der Waals surface area contributed by atoms with E-state index in [1.807, 2.05) is 0 Å². The van der Waals surface area contributed by atoms with Crippen molar-refractivity contribution in [3.8, 4) is 11.5 Å². The topological polar surface area (TPSA) is 167 Å². The average Bonchev–Trinajstić information content (AvgIpc) is 1.22. The lowest BCUT2D eigenvalue weighted by molar-refractivity contribution is 0.209. The van der Waals surface area contributed by atoms with Gasteiger partial charge in [-0.25, -0.2) is 0 Å². The zero-order chi connectivity index (χ0) is 69.6. The Morgan fingerprint density at radius 3 is 0.673 bits per heavy atom. The van der Waals surface area contributed by atoms with Crippen LogP contribution in [-0.4, -0.2) is 155 Å². The van der Waals surface area contributed by atoms with Crippen LogP contribution in [0.25, 0.3) is 0 Å². The monoisotopic (exact) mass is 1530 g/mol. The van der Waals surface area contributed by atoms with Gasteiger partial charge in [0.2, 0.25) is 0 Å². The summed E-state index contributed by atoms with van der Waals surface area (Å²) in [7, 11) is -22.3. The van der Waals surface area contributed by atoms with Crippen molar-refractivity contribution in [3.05, 3.63) is 59.7 Å². The van der Waals surface area contributed by atoms with Crippen molar-refractivity contribution in [2.24, 2.45) is 35.5 Å². The SMILES string of the molecule is CC(C)(c1ccc(OCCC[Si]2(C)O[Si](C)(CCC3CCC4OC4C3)O[Si](C)(CCC3CCC4OC4C3)O[Si](C)(CCC3CCC4OC4C3)O2)cc1)c1ccc(OCCC[Si]2(C)O[Si](C)(CCC3CCC4OC4C3)O[Si](C)(CCC3CCC4OC4C3)O[Si](C)(CCC3CCC4OC4C3)O2)cc1. The molecular weight excluding hydrogens is 1410 g/mol. The normalized spacial score (nSPS) is 46.5. The molecular formula is C77H128O16Si8. The minimum atomic E-state index is -2.85. The van der Waals surface area contributed by atoms with Gasteiger partial charge in [0.1, 0.15) is 11.5 Å². The highest BCUT2D eigenvalue weighted by molar-refractivity contribution is 6.95. The number of epoxide rings is 6. The molecule has 2 aromatic rings. The molecule has 0 bridgehead atoms. The van der Waals surface area contributed by atoms with Crippen LogP contribution in [0.5, 0.6) is 11.5 Å². The molecule has 24 heteroatoms. The molecule has 14 aliphatic rings. The summed E-state index contributed by atoms with van der Waals surface area (Å²) >= 11 is 0. The number of hydrogen-bond acceptors (Lipinski definition) is 16. The second-order valence-electron chi connectivity index (χ2n) is 37.0. The van der Waals surface area contributed by atoms with Crippen molar-refractivity contribution in [1.29, 1.82) is 0 Å². The minimum Gasteiger partial charge on any atom is -0.494 e. The summed E-state index contributed by atoms with van der Waals surface area (Å²) in [5.74, 6) is 5.75. The predicted octanol–water partition coefficient (Wildman–Crippen LogP) is 18.0. The van der Waals surface area contributed by atoms with Crippen molar-refractivity contribution in [1.82, 2.24) is 0 Å². The maximum atomic E-state index is 7.79. The molecule has 6 aliphatic carbocycles. The third-order valence-electron chi connectivity index (χ3n) is 27.4. The molecule has 0 aromatic heterocycles. The van der Waals surface area contributed by atoms with Crippen molar-refractivity contribution in [3.63, 3.8) is 0 Å². The third kappa shape index (κ3) is 19.2. The first-order chi connectivity index (χ1) is 48.3. The van der Waals surface area contributed by atoms with Gasteiger partial charge in [0.25, 0.3) is 0 Å². The molecule has 2 aromatic carbocycles. The highest BCUT2D eigenvalue weighted by atomic mass is 28.5. The first-order valence-electron chi connectivity index (χ1n) is 41.3. The molecule has 8 saturated heterocycles. The lowest BCUT2D eigenvalue weighted by atomic mass is 9.78. The maximum absolute atomic E-state index is 7.79. The van der Waals surface area contributed by atoms with E-state index < -0.39 is 68.5 Å². The van der Waals surface area contributed by atoms with Crippen molar-refractivity contribution in [2.75, 3.05) is 13.2 Å². The Bertz CT molecular complexity index is 2840. The number of fused-ring (bicyclic) bond motifs is 6. The highest BCUT2D eigenvalue weighted by Gasteiger charge is 2.61. The van der Waals surface area contributed by atoms with E-state index in [2.05, 4.69) is 115 Å². The van der Waals surface area contributed by atoms with E-state index in [0.29, 0.717) is 122 Å². The smallest absolute Gasteiger partial charge is 0.317 e. The van der Waals surface area contributed by atoms with E-state index >= 15 is 0 Å². The summed E-state index contributed by atoms with van der Waals surface area (Å²) in [5, 5.41) is 0. The molecule has 14 fully saturated rings. The van der Waals surface area contributed by atoms with Crippen LogP contribution < -0.4 is 9.47 Å². The second kappa shape index (κ2) is 29.8. The number of hydrogen-bond donors (Lipinski definition) is 0. The molecule has 0 amide bonds. The summed E-state index contributed by atoms with van der Waals surface area (Å²) in [6.45, 7) is 24.8. The molecule has 564 valence electrons. The third-order valence-corrected chi connectivity index (χ3v) is 64.8. The van der Waals surface area contributed by atoms with Gasteiger partial charge < -0.3 is 70.8 Å². The van der Waals surface area contributed by atoms with Gasteiger partial charge >= 0.3 is 68.5 Å². The quantitative estimate of drug-likeness (QED) is 0.0411.